The first-order chi connectivity index (χ1) is 8.15. The van der Waals surface area contributed by atoms with E-state index in [1.165, 1.54) is 0 Å². The first kappa shape index (κ1) is 10.1. The average Bonchev–Trinajstić information content (AvgIpc) is 3.03. The van der Waals surface area contributed by atoms with Crippen molar-refractivity contribution in [1.29, 1.82) is 0 Å². The van der Waals surface area contributed by atoms with E-state index in [0.29, 0.717) is 16.8 Å². The van der Waals surface area contributed by atoms with Crippen LogP contribution in [0.3, 0.4) is 0 Å². The van der Waals surface area contributed by atoms with Crippen LogP contribution in [0.2, 0.25) is 0 Å². The van der Waals surface area contributed by atoms with E-state index in [-0.39, 0.29) is 17.5 Å². The second-order valence-electron chi connectivity index (χ2n) is 4.40. The standard InChI is InChI=1S/C11H12N4O2/c1-15-4-7(10(16)12-6-2-3-6)9-8(5-15)11(17)14-13-9/h4-6H,2-3H2,1H3,(H,12,16)(H,14,17). The summed E-state index contributed by atoms with van der Waals surface area (Å²) in [6, 6.07) is 0.286. The van der Waals surface area contributed by atoms with Crippen LogP contribution < -0.4 is 10.9 Å². The molecular weight excluding hydrogens is 220 g/mol. The third-order valence-electron chi connectivity index (χ3n) is 2.85. The van der Waals surface area contributed by atoms with Crippen molar-refractivity contribution in [3.05, 3.63) is 28.3 Å². The molecule has 3 rings (SSSR count). The monoisotopic (exact) mass is 232 g/mol. The lowest BCUT2D eigenvalue weighted by molar-refractivity contribution is 0.0950. The molecule has 0 spiro atoms. The Morgan fingerprint density at radius 2 is 2.29 bits per heavy atom. The van der Waals surface area contributed by atoms with E-state index in [0.717, 1.165) is 12.8 Å². The highest BCUT2D eigenvalue weighted by Gasteiger charge is 2.27. The lowest BCUT2D eigenvalue weighted by Crippen LogP contribution is -2.26. The van der Waals surface area contributed by atoms with Crippen LogP contribution in [0.15, 0.2) is 17.2 Å². The largest absolute Gasteiger partial charge is 0.356 e. The smallest absolute Gasteiger partial charge is 0.275 e. The van der Waals surface area contributed by atoms with Crippen molar-refractivity contribution in [3.8, 4) is 11.3 Å². The van der Waals surface area contributed by atoms with Gasteiger partial charge in [-0.2, -0.15) is 5.10 Å². The minimum atomic E-state index is -0.267. The maximum Gasteiger partial charge on any atom is 0.275 e. The highest BCUT2D eigenvalue weighted by atomic mass is 16.2. The topological polar surface area (TPSA) is 79.8 Å². The van der Waals surface area contributed by atoms with Crippen LogP contribution in [0.5, 0.6) is 0 Å². The van der Waals surface area contributed by atoms with Crippen molar-refractivity contribution in [1.82, 2.24) is 20.1 Å². The number of hydrogen-bond acceptors (Lipinski definition) is 3. The van der Waals surface area contributed by atoms with Gasteiger partial charge in [-0.05, 0) is 12.8 Å². The first-order valence-corrected chi connectivity index (χ1v) is 5.50. The normalized spacial score (nSPS) is 15.1. The summed E-state index contributed by atoms with van der Waals surface area (Å²) in [5, 5.41) is 9.16. The number of aryl methyl sites for hydroxylation is 1. The van der Waals surface area contributed by atoms with Gasteiger partial charge in [0.05, 0.1) is 11.1 Å². The Kier molecular flexibility index (Phi) is 2.04. The van der Waals surface area contributed by atoms with Gasteiger partial charge < -0.3 is 9.88 Å². The Morgan fingerprint density at radius 1 is 1.53 bits per heavy atom. The molecule has 0 atom stereocenters. The van der Waals surface area contributed by atoms with Crippen molar-refractivity contribution < 1.29 is 4.79 Å². The number of fused-ring (bicyclic) bond motifs is 1. The van der Waals surface area contributed by atoms with Gasteiger partial charge in [-0.25, -0.2) is 5.10 Å². The summed E-state index contributed by atoms with van der Waals surface area (Å²) in [6.45, 7) is 0. The second kappa shape index (κ2) is 3.44. The highest BCUT2D eigenvalue weighted by molar-refractivity contribution is 6.00. The zero-order valence-electron chi connectivity index (χ0n) is 9.36. The van der Waals surface area contributed by atoms with Gasteiger partial charge in [0.25, 0.3) is 11.5 Å². The number of carbonyl (C=O) groups is 1. The molecule has 0 saturated heterocycles. The van der Waals surface area contributed by atoms with E-state index >= 15 is 0 Å². The Bertz CT molecular complexity index is 609. The van der Waals surface area contributed by atoms with Crippen LogP contribution in [0.1, 0.15) is 23.2 Å². The van der Waals surface area contributed by atoms with Gasteiger partial charge in [0, 0.05) is 25.5 Å². The van der Waals surface area contributed by atoms with E-state index in [1.807, 2.05) is 0 Å². The predicted molar refractivity (Wildman–Crippen MR) is 60.9 cm³/mol. The van der Waals surface area contributed by atoms with Gasteiger partial charge >= 0.3 is 0 Å². The van der Waals surface area contributed by atoms with Gasteiger partial charge in [-0.3, -0.25) is 9.59 Å². The van der Waals surface area contributed by atoms with Crippen LogP contribution in [-0.4, -0.2) is 26.7 Å². The fraction of sp³-hybridized carbons (Fsp3) is 0.364. The molecule has 3 aliphatic rings. The molecule has 6 nitrogen and oxygen atoms in total. The number of rotatable bonds is 2. The molecule has 1 saturated carbocycles. The van der Waals surface area contributed by atoms with Gasteiger partial charge in [-0.15, -0.1) is 0 Å². The summed E-state index contributed by atoms with van der Waals surface area (Å²) in [5.41, 5.74) is 1.05. The second-order valence-corrected chi connectivity index (χ2v) is 4.40. The molecular formula is C11H12N4O2. The van der Waals surface area contributed by atoms with Crippen molar-refractivity contribution in [2.24, 2.45) is 7.05 Å². The molecule has 0 aromatic heterocycles. The molecule has 88 valence electrons. The Balaban J connectivity index is 2.07. The lowest BCUT2D eigenvalue weighted by atomic mass is 10.1. The molecule has 0 unspecified atom stereocenters. The maximum atomic E-state index is 12.0. The number of nitrogens with zero attached hydrogens (tertiary/aromatic N) is 2. The minimum Gasteiger partial charge on any atom is -0.356 e. The quantitative estimate of drug-likeness (QED) is 0.771. The van der Waals surface area contributed by atoms with Gasteiger partial charge in [-0.1, -0.05) is 0 Å². The number of hydrogen-bond donors (Lipinski definition) is 2. The Morgan fingerprint density at radius 3 is 3.00 bits per heavy atom. The van der Waals surface area contributed by atoms with E-state index in [1.54, 1.807) is 24.0 Å². The number of aromatic amines is 1. The van der Waals surface area contributed by atoms with Gasteiger partial charge in [0.1, 0.15) is 5.69 Å². The number of aromatic nitrogens is 3. The van der Waals surface area contributed by atoms with E-state index < -0.39 is 0 Å². The van der Waals surface area contributed by atoms with Crippen LogP contribution in [0.4, 0.5) is 0 Å². The number of carbonyl (C=O) groups excluding carboxylic acids is 1. The number of pyridine rings is 1. The summed E-state index contributed by atoms with van der Waals surface area (Å²) in [5.74, 6) is -0.166. The van der Waals surface area contributed by atoms with E-state index in [2.05, 4.69) is 15.5 Å². The third-order valence-corrected chi connectivity index (χ3v) is 2.85. The zero-order chi connectivity index (χ0) is 12.0. The predicted octanol–water partition coefficient (Wildman–Crippen LogP) is 0.105. The first-order valence-electron chi connectivity index (χ1n) is 5.50. The zero-order valence-corrected chi connectivity index (χ0v) is 9.36. The molecule has 2 N–H and O–H groups in total. The molecule has 6 heteroatoms. The van der Waals surface area contributed by atoms with E-state index in [9.17, 15) is 9.59 Å². The van der Waals surface area contributed by atoms with Gasteiger partial charge in [0.2, 0.25) is 0 Å². The molecule has 1 fully saturated rings. The van der Waals surface area contributed by atoms with E-state index in [4.69, 9.17) is 0 Å². The average molecular weight is 232 g/mol. The SMILES string of the molecule is Cn1cc(C(=O)NC2CC2)c2n[nH]c(=O)c-2c1. The van der Waals surface area contributed by atoms with Crippen LogP contribution in [-0.2, 0) is 7.05 Å². The summed E-state index contributed by atoms with van der Waals surface area (Å²) in [6.07, 6.45) is 5.40. The van der Waals surface area contributed by atoms with Crippen molar-refractivity contribution in [2.75, 3.05) is 0 Å². The summed E-state index contributed by atoms with van der Waals surface area (Å²) < 4.78 is 1.70. The molecule has 0 aromatic rings. The van der Waals surface area contributed by atoms with Gasteiger partial charge in [0.15, 0.2) is 0 Å². The minimum absolute atomic E-state index is 0.166. The van der Waals surface area contributed by atoms with Crippen LogP contribution >= 0.6 is 0 Å². The number of H-pyrrole nitrogens is 1. The molecule has 0 radical (unpaired) electrons. The fourth-order valence-corrected chi connectivity index (χ4v) is 1.82. The summed E-state index contributed by atoms with van der Waals surface area (Å²) in [4.78, 5) is 23.5. The van der Waals surface area contributed by atoms with Crippen LogP contribution in [0, 0.1) is 0 Å². The molecule has 0 bridgehead atoms. The lowest BCUT2D eigenvalue weighted by Gasteiger charge is -2.09. The Hall–Kier alpha value is -2.11. The fourth-order valence-electron chi connectivity index (χ4n) is 1.82. The number of nitrogens with one attached hydrogen (secondary N) is 2. The molecule has 1 aliphatic carbocycles. The number of amides is 1. The molecule has 1 amide bonds. The Labute approximate surface area is 97.0 Å². The molecule has 0 aromatic carbocycles. The third kappa shape index (κ3) is 1.71. The van der Waals surface area contributed by atoms with Crippen LogP contribution in [0.25, 0.3) is 11.3 Å². The van der Waals surface area contributed by atoms with Crippen molar-refractivity contribution in [2.45, 2.75) is 18.9 Å². The molecule has 2 heterocycles. The molecule has 17 heavy (non-hydrogen) atoms. The molecule has 2 aliphatic heterocycles. The summed E-state index contributed by atoms with van der Waals surface area (Å²) >= 11 is 0. The highest BCUT2D eigenvalue weighted by Crippen LogP contribution is 2.22. The summed E-state index contributed by atoms with van der Waals surface area (Å²) in [7, 11) is 1.78. The van der Waals surface area contributed by atoms with Crippen molar-refractivity contribution >= 4 is 5.91 Å². The maximum absolute atomic E-state index is 12.0. The van der Waals surface area contributed by atoms with Crippen molar-refractivity contribution in [3.63, 3.8) is 0 Å².